The first kappa shape index (κ1) is 10.7. The molecule has 0 saturated heterocycles. The summed E-state index contributed by atoms with van der Waals surface area (Å²) >= 11 is 0. The van der Waals surface area contributed by atoms with Crippen molar-refractivity contribution in [3.63, 3.8) is 0 Å². The molecule has 12 heavy (non-hydrogen) atoms. The molecule has 0 amide bonds. The highest BCUT2D eigenvalue weighted by Gasteiger charge is 2.01. The summed E-state index contributed by atoms with van der Waals surface area (Å²) in [5.74, 6) is -0.755. The molecule has 0 aliphatic heterocycles. The number of hydrogen-bond donors (Lipinski definition) is 0. The normalized spacial score (nSPS) is 10.8. The Morgan fingerprint density at radius 1 is 1.33 bits per heavy atom. The summed E-state index contributed by atoms with van der Waals surface area (Å²) in [6, 6.07) is 0. The summed E-state index contributed by atoms with van der Waals surface area (Å²) in [6.07, 6.45) is 1.39. The molecule has 0 heterocycles. The highest BCUT2D eigenvalue weighted by molar-refractivity contribution is 5.72. The van der Waals surface area contributed by atoms with Crippen molar-refractivity contribution >= 4 is 11.9 Å². The number of carbonyl (C=O) groups excluding carboxylic acids is 2. The smallest absolute Gasteiger partial charge is 0.309 e. The van der Waals surface area contributed by atoms with E-state index in [0.29, 0.717) is 5.57 Å². The van der Waals surface area contributed by atoms with Crippen molar-refractivity contribution in [3.05, 3.63) is 11.8 Å². The third kappa shape index (κ3) is 5.46. The molecule has 0 N–H and O–H groups in total. The van der Waals surface area contributed by atoms with Crippen molar-refractivity contribution in [2.45, 2.75) is 20.3 Å². The summed E-state index contributed by atoms with van der Waals surface area (Å²) < 4.78 is 8.95. The second-order valence-corrected chi connectivity index (χ2v) is 2.33. The van der Waals surface area contributed by atoms with Gasteiger partial charge in [-0.15, -0.1) is 0 Å². The molecule has 0 aliphatic rings. The molecule has 0 saturated carbocycles. The molecule has 0 aromatic carbocycles. The lowest BCUT2D eigenvalue weighted by Gasteiger charge is -1.98. The van der Waals surface area contributed by atoms with Crippen molar-refractivity contribution in [3.8, 4) is 0 Å². The Morgan fingerprint density at radius 2 is 1.92 bits per heavy atom. The van der Waals surface area contributed by atoms with Crippen molar-refractivity contribution in [1.29, 1.82) is 0 Å². The van der Waals surface area contributed by atoms with Crippen LogP contribution in [0.2, 0.25) is 0 Å². The maximum Gasteiger partial charge on any atom is 0.309 e. The lowest BCUT2D eigenvalue weighted by Crippen LogP contribution is -2.01. The fraction of sp³-hybridized carbons (Fsp3) is 0.500. The van der Waals surface area contributed by atoms with E-state index < -0.39 is 5.97 Å². The SMILES string of the molecule is COC(=O)CC(C)=COC(C)=O. The van der Waals surface area contributed by atoms with Crippen LogP contribution in [-0.4, -0.2) is 19.0 Å². The van der Waals surface area contributed by atoms with E-state index in [-0.39, 0.29) is 12.4 Å². The highest BCUT2D eigenvalue weighted by Crippen LogP contribution is 2.01. The minimum Gasteiger partial charge on any atom is -0.469 e. The van der Waals surface area contributed by atoms with Gasteiger partial charge in [-0.05, 0) is 12.5 Å². The standard InChI is InChI=1S/C8H12O4/c1-6(4-8(10)11-3)5-12-7(2)9/h5H,4H2,1-3H3. The predicted molar refractivity (Wildman–Crippen MR) is 42.2 cm³/mol. The zero-order valence-electron chi connectivity index (χ0n) is 7.42. The maximum atomic E-state index is 10.7. The van der Waals surface area contributed by atoms with Gasteiger partial charge in [0, 0.05) is 6.92 Å². The zero-order valence-corrected chi connectivity index (χ0v) is 7.42. The van der Waals surface area contributed by atoms with Crippen LogP contribution in [0.5, 0.6) is 0 Å². The van der Waals surface area contributed by atoms with Gasteiger partial charge in [0.25, 0.3) is 0 Å². The van der Waals surface area contributed by atoms with E-state index in [0.717, 1.165) is 0 Å². The molecule has 0 aromatic heterocycles. The molecular formula is C8H12O4. The van der Waals surface area contributed by atoms with Gasteiger partial charge in [-0.25, -0.2) is 0 Å². The molecule has 0 bridgehead atoms. The summed E-state index contributed by atoms with van der Waals surface area (Å²) in [5, 5.41) is 0. The Morgan fingerprint density at radius 3 is 2.33 bits per heavy atom. The molecule has 4 heteroatoms. The van der Waals surface area contributed by atoms with Crippen LogP contribution in [0, 0.1) is 0 Å². The molecule has 68 valence electrons. The van der Waals surface area contributed by atoms with Gasteiger partial charge in [0.1, 0.15) is 0 Å². The molecule has 0 aromatic rings. The van der Waals surface area contributed by atoms with Crippen LogP contribution in [0.25, 0.3) is 0 Å². The molecule has 0 unspecified atom stereocenters. The summed E-state index contributed by atoms with van der Waals surface area (Å²) in [5.41, 5.74) is 0.650. The van der Waals surface area contributed by atoms with Gasteiger partial charge in [0.05, 0.1) is 19.8 Å². The van der Waals surface area contributed by atoms with Gasteiger partial charge in [0.15, 0.2) is 0 Å². The monoisotopic (exact) mass is 172 g/mol. The van der Waals surface area contributed by atoms with Gasteiger partial charge in [-0.1, -0.05) is 0 Å². The summed E-state index contributed by atoms with van der Waals surface area (Å²) in [6.45, 7) is 2.97. The lowest BCUT2D eigenvalue weighted by molar-refractivity contribution is -0.140. The van der Waals surface area contributed by atoms with Gasteiger partial charge >= 0.3 is 11.9 Å². The molecular weight excluding hydrogens is 160 g/mol. The molecule has 0 fully saturated rings. The zero-order chi connectivity index (χ0) is 9.56. The molecule has 0 aliphatic carbocycles. The molecule has 0 radical (unpaired) electrons. The van der Waals surface area contributed by atoms with Crippen molar-refractivity contribution in [2.24, 2.45) is 0 Å². The topological polar surface area (TPSA) is 52.6 Å². The average molecular weight is 172 g/mol. The van der Waals surface area contributed by atoms with Gasteiger partial charge in [-0.3, -0.25) is 9.59 Å². The average Bonchev–Trinajstić information content (AvgIpc) is 2.00. The largest absolute Gasteiger partial charge is 0.469 e. The minimum atomic E-state index is -0.404. The fourth-order valence-electron chi connectivity index (χ4n) is 0.525. The quantitative estimate of drug-likeness (QED) is 0.471. The first-order chi connectivity index (χ1) is 5.56. The van der Waals surface area contributed by atoms with E-state index >= 15 is 0 Å². The molecule has 0 atom stereocenters. The van der Waals surface area contributed by atoms with E-state index in [9.17, 15) is 9.59 Å². The Hall–Kier alpha value is -1.32. The van der Waals surface area contributed by atoms with E-state index in [4.69, 9.17) is 0 Å². The van der Waals surface area contributed by atoms with Crippen LogP contribution in [0.4, 0.5) is 0 Å². The highest BCUT2D eigenvalue weighted by atomic mass is 16.5. The molecule has 0 rings (SSSR count). The van der Waals surface area contributed by atoms with Crippen LogP contribution in [0.3, 0.4) is 0 Å². The Kier molecular flexibility index (Phi) is 4.76. The van der Waals surface area contributed by atoms with Crippen LogP contribution in [0.15, 0.2) is 11.8 Å². The summed E-state index contributed by atoms with van der Waals surface area (Å²) in [4.78, 5) is 21.0. The van der Waals surface area contributed by atoms with Gasteiger partial charge in [0.2, 0.25) is 0 Å². The van der Waals surface area contributed by atoms with Gasteiger partial charge < -0.3 is 9.47 Å². The Bertz CT molecular complexity index is 205. The number of rotatable bonds is 3. The first-order valence-electron chi connectivity index (χ1n) is 3.46. The van der Waals surface area contributed by atoms with E-state index in [1.807, 2.05) is 0 Å². The number of ether oxygens (including phenoxy) is 2. The number of esters is 2. The van der Waals surface area contributed by atoms with E-state index in [2.05, 4.69) is 9.47 Å². The minimum absolute atomic E-state index is 0.143. The van der Waals surface area contributed by atoms with E-state index in [1.54, 1.807) is 6.92 Å². The van der Waals surface area contributed by atoms with Crippen molar-refractivity contribution < 1.29 is 19.1 Å². The van der Waals surface area contributed by atoms with Crippen LogP contribution in [-0.2, 0) is 19.1 Å². The van der Waals surface area contributed by atoms with Crippen molar-refractivity contribution in [1.82, 2.24) is 0 Å². The first-order valence-corrected chi connectivity index (χ1v) is 3.46. The maximum absolute atomic E-state index is 10.7. The number of carbonyl (C=O) groups is 2. The number of hydrogen-bond acceptors (Lipinski definition) is 4. The van der Waals surface area contributed by atoms with Crippen LogP contribution in [0.1, 0.15) is 20.3 Å². The third-order valence-electron chi connectivity index (χ3n) is 1.08. The van der Waals surface area contributed by atoms with Crippen LogP contribution >= 0.6 is 0 Å². The van der Waals surface area contributed by atoms with Crippen LogP contribution < -0.4 is 0 Å². The van der Waals surface area contributed by atoms with Gasteiger partial charge in [-0.2, -0.15) is 0 Å². The van der Waals surface area contributed by atoms with Crippen molar-refractivity contribution in [2.75, 3.05) is 7.11 Å². The Balaban J connectivity index is 3.85. The lowest BCUT2D eigenvalue weighted by atomic mass is 10.2. The van der Waals surface area contributed by atoms with E-state index in [1.165, 1.54) is 20.3 Å². The molecule has 4 nitrogen and oxygen atoms in total. The molecule has 0 spiro atoms. The third-order valence-corrected chi connectivity index (χ3v) is 1.08. The second kappa shape index (κ2) is 5.35. The number of methoxy groups -OCH3 is 1. The predicted octanol–water partition coefficient (Wildman–Crippen LogP) is 1.02. The Labute approximate surface area is 71.2 Å². The summed E-state index contributed by atoms with van der Waals surface area (Å²) in [7, 11) is 1.31. The fourth-order valence-corrected chi connectivity index (χ4v) is 0.525. The second-order valence-electron chi connectivity index (χ2n) is 2.33.